The van der Waals surface area contributed by atoms with Crippen LogP contribution in [0, 0.1) is 0 Å². The van der Waals surface area contributed by atoms with E-state index in [2.05, 4.69) is 73.3 Å². The molecule has 3 rings (SSSR count). The second kappa shape index (κ2) is 5.18. The highest BCUT2D eigenvalue weighted by atomic mass is 15.2. The van der Waals surface area contributed by atoms with Gasteiger partial charge in [-0.05, 0) is 30.2 Å². The largest absolute Gasteiger partial charge is 0.296 e. The Morgan fingerprint density at radius 1 is 1.00 bits per heavy atom. The van der Waals surface area contributed by atoms with Crippen LogP contribution < -0.4 is 0 Å². The van der Waals surface area contributed by atoms with Crippen molar-refractivity contribution in [2.24, 2.45) is 0 Å². The van der Waals surface area contributed by atoms with Crippen molar-refractivity contribution in [3.05, 3.63) is 71.3 Å². The van der Waals surface area contributed by atoms with Gasteiger partial charge in [-0.15, -0.1) is 0 Å². The summed E-state index contributed by atoms with van der Waals surface area (Å²) in [5.74, 6) is 0.492. The highest BCUT2D eigenvalue weighted by molar-refractivity contribution is 5.41. The minimum atomic E-state index is 0.492. The highest BCUT2D eigenvalue weighted by Crippen LogP contribution is 2.37. The Labute approximate surface area is 115 Å². The van der Waals surface area contributed by atoms with E-state index < -0.39 is 0 Å². The molecular formula is C18H21N. The van der Waals surface area contributed by atoms with E-state index in [9.17, 15) is 0 Å². The average Bonchev–Trinajstić information content (AvgIpc) is 2.47. The molecule has 1 nitrogen and oxygen atoms in total. The number of likely N-dealkylation sites (N-methyl/N-ethyl adjacent to an activating group) is 1. The summed E-state index contributed by atoms with van der Waals surface area (Å²) in [6.07, 6.45) is 0. The zero-order valence-corrected chi connectivity index (χ0v) is 11.7. The zero-order valence-electron chi connectivity index (χ0n) is 11.7. The van der Waals surface area contributed by atoms with Crippen molar-refractivity contribution >= 4 is 0 Å². The molecule has 1 heterocycles. The van der Waals surface area contributed by atoms with Crippen molar-refractivity contribution in [1.29, 1.82) is 0 Å². The minimum absolute atomic E-state index is 0.492. The molecule has 0 spiro atoms. The zero-order chi connectivity index (χ0) is 13.2. The molecule has 0 aliphatic carbocycles. The molecule has 2 aromatic rings. The van der Waals surface area contributed by atoms with Gasteiger partial charge >= 0.3 is 0 Å². The molecule has 0 amide bonds. The lowest BCUT2D eigenvalue weighted by molar-refractivity contribution is 0.178. The molecule has 1 aliphatic heterocycles. The molecule has 0 radical (unpaired) electrons. The first kappa shape index (κ1) is 12.4. The molecule has 0 aromatic heterocycles. The summed E-state index contributed by atoms with van der Waals surface area (Å²) in [4.78, 5) is 2.57. The van der Waals surface area contributed by atoms with E-state index in [4.69, 9.17) is 0 Å². The third kappa shape index (κ3) is 2.19. The predicted octanol–water partition coefficient (Wildman–Crippen LogP) is 4.04. The number of fused-ring (bicyclic) bond motifs is 1. The van der Waals surface area contributed by atoms with E-state index in [-0.39, 0.29) is 0 Å². The fraction of sp³-hybridized carbons (Fsp3) is 0.333. The Balaban J connectivity index is 2.10. The Morgan fingerprint density at radius 2 is 1.68 bits per heavy atom. The topological polar surface area (TPSA) is 3.24 Å². The minimum Gasteiger partial charge on any atom is -0.296 e. The molecular weight excluding hydrogens is 230 g/mol. The van der Waals surface area contributed by atoms with Crippen LogP contribution in [-0.4, -0.2) is 17.5 Å². The molecule has 2 aromatic carbocycles. The number of hydrogen-bond acceptors (Lipinski definition) is 1. The van der Waals surface area contributed by atoms with Gasteiger partial charge in [0.2, 0.25) is 0 Å². The smallest absolute Gasteiger partial charge is 0.0246 e. The lowest BCUT2D eigenvalue weighted by Crippen LogP contribution is -2.41. The molecule has 1 heteroatoms. The summed E-state index contributed by atoms with van der Waals surface area (Å²) >= 11 is 0. The maximum Gasteiger partial charge on any atom is 0.0246 e. The summed E-state index contributed by atoms with van der Waals surface area (Å²) < 4.78 is 0. The van der Waals surface area contributed by atoms with Gasteiger partial charge in [-0.25, -0.2) is 0 Å². The van der Waals surface area contributed by atoms with Crippen LogP contribution in [0.5, 0.6) is 0 Å². The van der Waals surface area contributed by atoms with Crippen LogP contribution in [0.15, 0.2) is 54.6 Å². The first-order valence-electron chi connectivity index (χ1n) is 7.18. The average molecular weight is 251 g/mol. The Hall–Kier alpha value is -1.60. The molecule has 0 saturated heterocycles. The molecule has 0 saturated carbocycles. The van der Waals surface area contributed by atoms with Gasteiger partial charge in [-0.1, -0.05) is 61.5 Å². The summed E-state index contributed by atoms with van der Waals surface area (Å²) in [6.45, 7) is 6.81. The SMILES string of the molecule is CCN1Cc2ccccc2[C@H](c2ccccc2)[C@@H]1C. The van der Waals surface area contributed by atoms with E-state index >= 15 is 0 Å². The third-order valence-electron chi connectivity index (χ3n) is 4.39. The van der Waals surface area contributed by atoms with Crippen molar-refractivity contribution < 1.29 is 0 Å². The first-order chi connectivity index (χ1) is 9.31. The van der Waals surface area contributed by atoms with Crippen LogP contribution in [0.4, 0.5) is 0 Å². The van der Waals surface area contributed by atoms with Gasteiger partial charge in [0, 0.05) is 18.5 Å². The lowest BCUT2D eigenvalue weighted by Gasteiger charge is -2.40. The van der Waals surface area contributed by atoms with Gasteiger partial charge in [-0.2, -0.15) is 0 Å². The van der Waals surface area contributed by atoms with Gasteiger partial charge in [0.05, 0.1) is 0 Å². The van der Waals surface area contributed by atoms with Crippen molar-refractivity contribution in [3.8, 4) is 0 Å². The predicted molar refractivity (Wildman–Crippen MR) is 80.3 cm³/mol. The number of rotatable bonds is 2. The first-order valence-corrected chi connectivity index (χ1v) is 7.18. The van der Waals surface area contributed by atoms with E-state index in [0.717, 1.165) is 13.1 Å². The van der Waals surface area contributed by atoms with Crippen molar-refractivity contribution in [2.45, 2.75) is 32.4 Å². The van der Waals surface area contributed by atoms with Gasteiger partial charge in [0.15, 0.2) is 0 Å². The standard InChI is InChI=1S/C18H21N/c1-3-19-13-16-11-7-8-12-17(16)18(14(19)2)15-9-5-4-6-10-15/h4-12,14,18H,3,13H2,1-2H3/t14-,18-/m0/s1. The molecule has 2 atom stereocenters. The second-order valence-corrected chi connectivity index (χ2v) is 5.39. The van der Waals surface area contributed by atoms with E-state index in [0.29, 0.717) is 12.0 Å². The third-order valence-corrected chi connectivity index (χ3v) is 4.39. The van der Waals surface area contributed by atoms with Crippen LogP contribution in [-0.2, 0) is 6.54 Å². The quantitative estimate of drug-likeness (QED) is 0.778. The molecule has 98 valence electrons. The van der Waals surface area contributed by atoms with Crippen molar-refractivity contribution in [1.82, 2.24) is 4.90 Å². The van der Waals surface area contributed by atoms with Crippen LogP contribution in [0.3, 0.4) is 0 Å². The second-order valence-electron chi connectivity index (χ2n) is 5.39. The Kier molecular flexibility index (Phi) is 3.39. The fourth-order valence-electron chi connectivity index (χ4n) is 3.33. The van der Waals surface area contributed by atoms with Gasteiger partial charge in [0.25, 0.3) is 0 Å². The summed E-state index contributed by atoms with van der Waals surface area (Å²) in [5.41, 5.74) is 4.42. The van der Waals surface area contributed by atoms with Crippen molar-refractivity contribution in [2.75, 3.05) is 6.54 Å². The molecule has 1 aliphatic rings. The van der Waals surface area contributed by atoms with Crippen LogP contribution >= 0.6 is 0 Å². The number of benzene rings is 2. The number of nitrogens with zero attached hydrogens (tertiary/aromatic N) is 1. The van der Waals surface area contributed by atoms with Gasteiger partial charge < -0.3 is 0 Å². The van der Waals surface area contributed by atoms with E-state index in [1.165, 1.54) is 16.7 Å². The highest BCUT2D eigenvalue weighted by Gasteiger charge is 2.31. The Bertz CT molecular complexity index is 547. The van der Waals surface area contributed by atoms with E-state index in [1.807, 2.05) is 0 Å². The Morgan fingerprint density at radius 3 is 2.42 bits per heavy atom. The molecule has 0 bridgehead atoms. The normalized spacial score (nSPS) is 23.1. The van der Waals surface area contributed by atoms with Crippen LogP contribution in [0.25, 0.3) is 0 Å². The summed E-state index contributed by atoms with van der Waals surface area (Å²) in [5, 5.41) is 0. The van der Waals surface area contributed by atoms with Crippen LogP contribution in [0.1, 0.15) is 36.5 Å². The monoisotopic (exact) mass is 251 g/mol. The van der Waals surface area contributed by atoms with E-state index in [1.54, 1.807) is 0 Å². The fourth-order valence-corrected chi connectivity index (χ4v) is 3.33. The summed E-state index contributed by atoms with van der Waals surface area (Å²) in [6, 6.07) is 20.4. The maximum atomic E-state index is 2.57. The van der Waals surface area contributed by atoms with Crippen LogP contribution in [0.2, 0.25) is 0 Å². The lowest BCUT2D eigenvalue weighted by atomic mass is 9.79. The molecule has 0 N–H and O–H groups in total. The van der Waals surface area contributed by atoms with Gasteiger partial charge in [-0.3, -0.25) is 4.90 Å². The molecule has 0 unspecified atom stereocenters. The van der Waals surface area contributed by atoms with Crippen molar-refractivity contribution in [3.63, 3.8) is 0 Å². The summed E-state index contributed by atoms with van der Waals surface area (Å²) in [7, 11) is 0. The molecule has 0 fully saturated rings. The molecule has 19 heavy (non-hydrogen) atoms. The van der Waals surface area contributed by atoms with Gasteiger partial charge in [0.1, 0.15) is 0 Å². The maximum absolute atomic E-state index is 2.57. The number of hydrogen-bond donors (Lipinski definition) is 0.